The van der Waals surface area contributed by atoms with Gasteiger partial charge in [0.1, 0.15) is 5.60 Å². The van der Waals surface area contributed by atoms with Crippen molar-refractivity contribution in [2.24, 2.45) is 7.05 Å². The molecule has 152 valence electrons. The van der Waals surface area contributed by atoms with E-state index in [2.05, 4.69) is 22.9 Å². The number of rotatable bonds is 4. The van der Waals surface area contributed by atoms with E-state index in [1.165, 1.54) is 0 Å². The van der Waals surface area contributed by atoms with Gasteiger partial charge in [0.2, 0.25) is 5.91 Å². The van der Waals surface area contributed by atoms with Crippen molar-refractivity contribution in [3.05, 3.63) is 71.9 Å². The summed E-state index contributed by atoms with van der Waals surface area (Å²) < 4.78 is 2.07. The number of para-hydroxylation sites is 1. The molecular weight excluding hydrogens is 362 g/mol. The summed E-state index contributed by atoms with van der Waals surface area (Å²) in [6.07, 6.45) is 2.96. The zero-order valence-electron chi connectivity index (χ0n) is 17.4. The van der Waals surface area contributed by atoms with Gasteiger partial charge in [-0.25, -0.2) is 0 Å². The van der Waals surface area contributed by atoms with Gasteiger partial charge in [-0.1, -0.05) is 48.5 Å². The van der Waals surface area contributed by atoms with Crippen LogP contribution in [-0.2, 0) is 23.9 Å². The molecule has 2 aromatic carbocycles. The lowest BCUT2D eigenvalue weighted by atomic mass is 9.79. The van der Waals surface area contributed by atoms with E-state index in [9.17, 15) is 9.90 Å². The number of hydrogen-bond acceptors (Lipinski definition) is 3. The lowest BCUT2D eigenvalue weighted by Gasteiger charge is -2.47. The highest BCUT2D eigenvalue weighted by molar-refractivity contribution is 5.89. The summed E-state index contributed by atoms with van der Waals surface area (Å²) in [5.74, 6) is 0.114. The van der Waals surface area contributed by atoms with Crippen LogP contribution in [0.1, 0.15) is 17.5 Å². The molecule has 3 aromatic rings. The van der Waals surface area contributed by atoms with Crippen molar-refractivity contribution in [2.45, 2.75) is 24.5 Å². The Morgan fingerprint density at radius 3 is 2.55 bits per heavy atom. The fourth-order valence-electron chi connectivity index (χ4n) is 4.64. The SMILES string of the molecule is CN(C)[C@@H]1CN(C(=O)Cc2cn(C)c3ccccc23)CC[C@]1(O)c1ccccc1. The van der Waals surface area contributed by atoms with E-state index in [4.69, 9.17) is 0 Å². The molecule has 1 aromatic heterocycles. The van der Waals surface area contributed by atoms with E-state index in [1.807, 2.05) is 73.4 Å². The minimum atomic E-state index is -0.957. The van der Waals surface area contributed by atoms with Gasteiger partial charge in [-0.2, -0.15) is 0 Å². The Hall–Kier alpha value is -2.63. The highest BCUT2D eigenvalue weighted by Gasteiger charge is 2.45. The predicted octanol–water partition coefficient (Wildman–Crippen LogP) is 2.77. The zero-order chi connectivity index (χ0) is 20.6. The Kier molecular flexibility index (Phi) is 5.19. The summed E-state index contributed by atoms with van der Waals surface area (Å²) in [5.41, 5.74) is 2.15. The normalized spacial score (nSPS) is 22.4. The average Bonchev–Trinajstić information content (AvgIpc) is 3.04. The van der Waals surface area contributed by atoms with Crippen LogP contribution < -0.4 is 0 Å². The fourth-order valence-corrected chi connectivity index (χ4v) is 4.64. The van der Waals surface area contributed by atoms with Gasteiger partial charge in [0.05, 0.1) is 12.5 Å². The molecule has 0 spiro atoms. The third kappa shape index (κ3) is 3.56. The first-order valence-corrected chi connectivity index (χ1v) is 10.1. The number of carbonyl (C=O) groups excluding carboxylic acids is 1. The average molecular weight is 392 g/mol. The molecule has 0 radical (unpaired) electrons. The number of carbonyl (C=O) groups is 1. The van der Waals surface area contributed by atoms with Crippen LogP contribution in [0.15, 0.2) is 60.8 Å². The van der Waals surface area contributed by atoms with Crippen molar-refractivity contribution in [3.8, 4) is 0 Å². The molecule has 1 aliphatic rings. The largest absolute Gasteiger partial charge is 0.383 e. The van der Waals surface area contributed by atoms with Gasteiger partial charge in [0, 0.05) is 37.2 Å². The number of piperidine rings is 1. The number of aryl methyl sites for hydroxylation is 1. The van der Waals surface area contributed by atoms with Gasteiger partial charge in [-0.05, 0) is 37.7 Å². The van der Waals surface area contributed by atoms with E-state index in [0.29, 0.717) is 25.9 Å². The second-order valence-electron chi connectivity index (χ2n) is 8.32. The summed E-state index contributed by atoms with van der Waals surface area (Å²) in [6.45, 7) is 1.07. The maximum Gasteiger partial charge on any atom is 0.227 e. The third-order valence-electron chi connectivity index (χ3n) is 6.28. The summed E-state index contributed by atoms with van der Waals surface area (Å²) in [4.78, 5) is 17.1. The number of aromatic nitrogens is 1. The minimum Gasteiger partial charge on any atom is -0.383 e. The van der Waals surface area contributed by atoms with E-state index >= 15 is 0 Å². The first kappa shape index (κ1) is 19.7. The molecule has 2 heterocycles. The Labute approximate surface area is 172 Å². The Balaban J connectivity index is 1.55. The monoisotopic (exact) mass is 391 g/mol. The molecule has 0 unspecified atom stereocenters. The fraction of sp³-hybridized carbons (Fsp3) is 0.375. The number of fused-ring (bicyclic) bond motifs is 1. The highest BCUT2D eigenvalue weighted by atomic mass is 16.3. The van der Waals surface area contributed by atoms with Crippen LogP contribution in [0.3, 0.4) is 0 Å². The van der Waals surface area contributed by atoms with Crippen LogP contribution in [0.4, 0.5) is 0 Å². The lowest BCUT2D eigenvalue weighted by molar-refractivity contribution is -0.141. The Morgan fingerprint density at radius 2 is 1.83 bits per heavy atom. The molecule has 1 amide bonds. The van der Waals surface area contributed by atoms with Crippen molar-refractivity contribution in [1.29, 1.82) is 0 Å². The molecule has 0 bridgehead atoms. The van der Waals surface area contributed by atoms with Gasteiger partial charge in [-0.3, -0.25) is 4.79 Å². The number of amides is 1. The van der Waals surface area contributed by atoms with Crippen LogP contribution in [-0.4, -0.2) is 58.6 Å². The second-order valence-corrected chi connectivity index (χ2v) is 8.32. The van der Waals surface area contributed by atoms with Crippen LogP contribution in [0.2, 0.25) is 0 Å². The molecule has 1 aliphatic heterocycles. The number of nitrogens with zero attached hydrogens (tertiary/aromatic N) is 3. The first-order chi connectivity index (χ1) is 13.9. The maximum absolute atomic E-state index is 13.2. The molecule has 5 nitrogen and oxygen atoms in total. The molecule has 5 heteroatoms. The molecule has 0 aliphatic carbocycles. The first-order valence-electron chi connectivity index (χ1n) is 10.1. The van der Waals surface area contributed by atoms with Gasteiger partial charge in [0.25, 0.3) is 0 Å². The molecule has 29 heavy (non-hydrogen) atoms. The van der Waals surface area contributed by atoms with Gasteiger partial charge in [0.15, 0.2) is 0 Å². The molecule has 1 N–H and O–H groups in total. The van der Waals surface area contributed by atoms with Gasteiger partial charge >= 0.3 is 0 Å². The number of likely N-dealkylation sites (N-methyl/N-ethyl adjacent to an activating group) is 1. The smallest absolute Gasteiger partial charge is 0.227 e. The minimum absolute atomic E-state index is 0.114. The number of aliphatic hydroxyl groups is 1. The summed E-state index contributed by atoms with van der Waals surface area (Å²) in [7, 11) is 5.95. The summed E-state index contributed by atoms with van der Waals surface area (Å²) in [6, 6.07) is 17.8. The van der Waals surface area contributed by atoms with Crippen molar-refractivity contribution < 1.29 is 9.90 Å². The number of hydrogen-bond donors (Lipinski definition) is 1. The van der Waals surface area contributed by atoms with Crippen LogP contribution in [0.5, 0.6) is 0 Å². The van der Waals surface area contributed by atoms with Crippen LogP contribution >= 0.6 is 0 Å². The van der Waals surface area contributed by atoms with E-state index in [0.717, 1.165) is 22.0 Å². The van der Waals surface area contributed by atoms with Crippen molar-refractivity contribution in [3.63, 3.8) is 0 Å². The highest BCUT2D eigenvalue weighted by Crippen LogP contribution is 2.35. The van der Waals surface area contributed by atoms with Crippen molar-refractivity contribution in [2.75, 3.05) is 27.2 Å². The predicted molar refractivity (Wildman–Crippen MR) is 116 cm³/mol. The summed E-state index contributed by atoms with van der Waals surface area (Å²) in [5, 5.41) is 12.7. The molecule has 4 rings (SSSR count). The van der Waals surface area contributed by atoms with E-state index < -0.39 is 5.60 Å². The zero-order valence-corrected chi connectivity index (χ0v) is 17.4. The van der Waals surface area contributed by atoms with E-state index in [1.54, 1.807) is 0 Å². The van der Waals surface area contributed by atoms with Gasteiger partial charge in [-0.15, -0.1) is 0 Å². The van der Waals surface area contributed by atoms with Gasteiger partial charge < -0.3 is 19.5 Å². The third-order valence-corrected chi connectivity index (χ3v) is 6.28. The molecule has 2 atom stereocenters. The van der Waals surface area contributed by atoms with E-state index in [-0.39, 0.29) is 11.9 Å². The Morgan fingerprint density at radius 1 is 1.14 bits per heavy atom. The topological polar surface area (TPSA) is 48.7 Å². The molecular formula is C24H29N3O2. The second kappa shape index (κ2) is 7.65. The maximum atomic E-state index is 13.2. The quantitative estimate of drug-likeness (QED) is 0.744. The Bertz CT molecular complexity index is 1010. The standard InChI is InChI=1S/C24H29N3O2/c1-25(2)22-17-27(14-13-24(22,29)19-9-5-4-6-10-19)23(28)15-18-16-26(3)21-12-8-7-11-20(18)21/h4-12,16,22,29H,13-15,17H2,1-3H3/t22-,24+/m1/s1. The molecule has 0 saturated carbocycles. The molecule has 1 fully saturated rings. The molecule has 1 saturated heterocycles. The summed E-state index contributed by atoms with van der Waals surface area (Å²) >= 11 is 0. The number of benzene rings is 2. The van der Waals surface area contributed by atoms with Crippen molar-refractivity contribution >= 4 is 16.8 Å². The van der Waals surface area contributed by atoms with Crippen LogP contribution in [0, 0.1) is 0 Å². The van der Waals surface area contributed by atoms with Crippen molar-refractivity contribution in [1.82, 2.24) is 14.4 Å². The lowest BCUT2D eigenvalue weighted by Crippen LogP contribution is -2.60. The number of likely N-dealkylation sites (tertiary alicyclic amines) is 1. The van der Waals surface area contributed by atoms with Crippen LogP contribution in [0.25, 0.3) is 10.9 Å².